The number of ether oxygens (including phenoxy) is 2. The monoisotopic (exact) mass is 232 g/mol. The number of carbonyl (C=O) groups excluding carboxylic acids is 1. The van der Waals surface area contributed by atoms with Crippen LogP contribution in [0.25, 0.3) is 0 Å². The Kier molecular flexibility index (Phi) is 3.91. The number of esters is 1. The van der Waals surface area contributed by atoms with Gasteiger partial charge in [-0.3, -0.25) is 0 Å². The average Bonchev–Trinajstić information content (AvgIpc) is 2.18. The highest BCUT2D eigenvalue weighted by atomic mass is 35.5. The molecule has 0 amide bonds. The molecule has 0 N–H and O–H groups in total. The predicted molar refractivity (Wildman–Crippen MR) is 53.9 cm³/mol. The first-order chi connectivity index (χ1) is 7.11. The zero-order chi connectivity index (χ0) is 11.4. The lowest BCUT2D eigenvalue weighted by atomic mass is 10.2. The topological polar surface area (TPSA) is 35.5 Å². The SMILES string of the molecule is CCOC(=O)c1c(F)ccc(OC)c1Cl. The zero-order valence-electron chi connectivity index (χ0n) is 8.34. The normalized spacial score (nSPS) is 9.87. The van der Waals surface area contributed by atoms with E-state index in [1.165, 1.54) is 13.2 Å². The molecule has 82 valence electrons. The Bertz CT molecular complexity index is 379. The van der Waals surface area contributed by atoms with Crippen LogP contribution in [0.2, 0.25) is 5.02 Å². The van der Waals surface area contributed by atoms with Crippen LogP contribution in [0.5, 0.6) is 5.75 Å². The zero-order valence-corrected chi connectivity index (χ0v) is 9.10. The van der Waals surface area contributed by atoms with Crippen molar-refractivity contribution in [3.8, 4) is 5.75 Å². The van der Waals surface area contributed by atoms with Crippen molar-refractivity contribution < 1.29 is 18.7 Å². The van der Waals surface area contributed by atoms with Crippen molar-refractivity contribution in [2.45, 2.75) is 6.92 Å². The van der Waals surface area contributed by atoms with Crippen LogP contribution in [-0.4, -0.2) is 19.7 Å². The number of hydrogen-bond acceptors (Lipinski definition) is 3. The minimum Gasteiger partial charge on any atom is -0.495 e. The van der Waals surface area contributed by atoms with Gasteiger partial charge in [0, 0.05) is 0 Å². The standard InChI is InChI=1S/C10H10ClFO3/c1-3-15-10(13)8-6(12)4-5-7(14-2)9(8)11/h4-5H,3H2,1-2H3. The Labute approximate surface area is 91.7 Å². The highest BCUT2D eigenvalue weighted by Gasteiger charge is 2.20. The van der Waals surface area contributed by atoms with Crippen molar-refractivity contribution in [2.24, 2.45) is 0 Å². The number of methoxy groups -OCH3 is 1. The minimum absolute atomic E-state index is 0.0732. The summed E-state index contributed by atoms with van der Waals surface area (Å²) in [6.07, 6.45) is 0. The van der Waals surface area contributed by atoms with Crippen LogP contribution in [0.1, 0.15) is 17.3 Å². The van der Waals surface area contributed by atoms with Crippen LogP contribution in [-0.2, 0) is 4.74 Å². The highest BCUT2D eigenvalue weighted by Crippen LogP contribution is 2.30. The van der Waals surface area contributed by atoms with Gasteiger partial charge in [0.15, 0.2) is 0 Å². The van der Waals surface area contributed by atoms with Gasteiger partial charge in [0.2, 0.25) is 0 Å². The maximum Gasteiger partial charge on any atom is 0.342 e. The third kappa shape index (κ3) is 2.39. The van der Waals surface area contributed by atoms with Gasteiger partial charge in [-0.1, -0.05) is 11.6 Å². The second-order valence-corrected chi connectivity index (χ2v) is 3.04. The minimum atomic E-state index is -0.793. The molecule has 0 unspecified atom stereocenters. The molecule has 1 aromatic carbocycles. The summed E-state index contributed by atoms with van der Waals surface area (Å²) >= 11 is 5.78. The van der Waals surface area contributed by atoms with Crippen molar-refractivity contribution in [1.82, 2.24) is 0 Å². The lowest BCUT2D eigenvalue weighted by Gasteiger charge is -2.08. The van der Waals surface area contributed by atoms with Crippen LogP contribution in [0, 0.1) is 5.82 Å². The molecule has 0 saturated heterocycles. The van der Waals surface area contributed by atoms with Gasteiger partial charge >= 0.3 is 5.97 Å². The molecule has 5 heteroatoms. The number of hydrogen-bond donors (Lipinski definition) is 0. The second kappa shape index (κ2) is 4.98. The molecule has 3 nitrogen and oxygen atoms in total. The van der Waals surface area contributed by atoms with E-state index in [2.05, 4.69) is 4.74 Å². The van der Waals surface area contributed by atoms with Gasteiger partial charge in [0.05, 0.1) is 13.7 Å². The van der Waals surface area contributed by atoms with Gasteiger partial charge in [-0.15, -0.1) is 0 Å². The summed E-state index contributed by atoms with van der Waals surface area (Å²) in [5.41, 5.74) is -0.294. The first kappa shape index (κ1) is 11.8. The van der Waals surface area contributed by atoms with Gasteiger partial charge in [-0.25, -0.2) is 9.18 Å². The molecule has 0 fully saturated rings. The maximum absolute atomic E-state index is 13.3. The van der Waals surface area contributed by atoms with Gasteiger partial charge < -0.3 is 9.47 Å². The molecule has 1 rings (SSSR count). The summed E-state index contributed by atoms with van der Waals surface area (Å²) in [5, 5.41) is -0.0732. The van der Waals surface area contributed by atoms with Crippen molar-refractivity contribution in [3.05, 3.63) is 28.5 Å². The summed E-state index contributed by atoms with van der Waals surface area (Å²) in [6.45, 7) is 1.79. The molecule has 15 heavy (non-hydrogen) atoms. The van der Waals surface area contributed by atoms with E-state index in [1.807, 2.05) is 0 Å². The Morgan fingerprint density at radius 3 is 2.73 bits per heavy atom. The summed E-state index contributed by atoms with van der Waals surface area (Å²) in [4.78, 5) is 11.4. The molecule has 0 atom stereocenters. The van der Waals surface area contributed by atoms with Crippen LogP contribution < -0.4 is 4.74 Å². The Morgan fingerprint density at radius 1 is 1.53 bits per heavy atom. The molecular weight excluding hydrogens is 223 g/mol. The van der Waals surface area contributed by atoms with Gasteiger partial charge in [0.1, 0.15) is 22.2 Å². The van der Waals surface area contributed by atoms with Crippen LogP contribution in [0.3, 0.4) is 0 Å². The molecule has 0 radical (unpaired) electrons. The fourth-order valence-corrected chi connectivity index (χ4v) is 1.39. The van der Waals surface area contributed by atoms with E-state index in [0.29, 0.717) is 0 Å². The molecule has 0 heterocycles. The molecule has 0 aliphatic rings. The fraction of sp³-hybridized carbons (Fsp3) is 0.300. The van der Waals surface area contributed by atoms with Crippen LogP contribution in [0.15, 0.2) is 12.1 Å². The van der Waals surface area contributed by atoms with Gasteiger partial charge in [-0.05, 0) is 19.1 Å². The van der Waals surface area contributed by atoms with E-state index in [1.54, 1.807) is 6.92 Å². The van der Waals surface area contributed by atoms with E-state index < -0.39 is 11.8 Å². The first-order valence-corrected chi connectivity index (χ1v) is 4.68. The molecule has 0 saturated carbocycles. The lowest BCUT2D eigenvalue weighted by molar-refractivity contribution is 0.0521. The smallest absolute Gasteiger partial charge is 0.342 e. The summed E-state index contributed by atoms with van der Waals surface area (Å²) in [6, 6.07) is 2.46. The predicted octanol–water partition coefficient (Wildman–Crippen LogP) is 2.66. The first-order valence-electron chi connectivity index (χ1n) is 4.31. The molecule has 0 bridgehead atoms. The molecule has 0 aromatic heterocycles. The molecule has 0 spiro atoms. The number of carbonyl (C=O) groups is 1. The third-order valence-electron chi connectivity index (χ3n) is 1.76. The number of halogens is 2. The molecule has 0 aliphatic heterocycles. The van der Waals surface area contributed by atoms with E-state index in [9.17, 15) is 9.18 Å². The van der Waals surface area contributed by atoms with E-state index >= 15 is 0 Å². The van der Waals surface area contributed by atoms with Crippen molar-refractivity contribution in [2.75, 3.05) is 13.7 Å². The van der Waals surface area contributed by atoms with Crippen molar-refractivity contribution >= 4 is 17.6 Å². The number of benzene rings is 1. The summed E-state index contributed by atoms with van der Waals surface area (Å²) in [7, 11) is 1.38. The second-order valence-electron chi connectivity index (χ2n) is 2.66. The molecule has 0 aliphatic carbocycles. The highest BCUT2D eigenvalue weighted by molar-refractivity contribution is 6.35. The molecule has 1 aromatic rings. The Hall–Kier alpha value is -1.29. The molecular formula is C10H10ClFO3. The van der Waals surface area contributed by atoms with E-state index in [0.717, 1.165) is 6.07 Å². The number of rotatable bonds is 3. The van der Waals surface area contributed by atoms with Crippen LogP contribution in [0.4, 0.5) is 4.39 Å². The third-order valence-corrected chi connectivity index (χ3v) is 2.13. The quantitative estimate of drug-likeness (QED) is 0.752. The van der Waals surface area contributed by atoms with Gasteiger partial charge in [-0.2, -0.15) is 0 Å². The Morgan fingerprint density at radius 2 is 2.20 bits per heavy atom. The van der Waals surface area contributed by atoms with E-state index in [-0.39, 0.29) is 22.9 Å². The largest absolute Gasteiger partial charge is 0.495 e. The van der Waals surface area contributed by atoms with E-state index in [4.69, 9.17) is 16.3 Å². The fourth-order valence-electron chi connectivity index (χ4n) is 1.08. The Balaban J connectivity index is 3.20. The van der Waals surface area contributed by atoms with Crippen molar-refractivity contribution in [1.29, 1.82) is 0 Å². The average molecular weight is 233 g/mol. The van der Waals surface area contributed by atoms with Gasteiger partial charge in [0.25, 0.3) is 0 Å². The maximum atomic E-state index is 13.3. The van der Waals surface area contributed by atoms with Crippen molar-refractivity contribution in [3.63, 3.8) is 0 Å². The van der Waals surface area contributed by atoms with Crippen LogP contribution >= 0.6 is 11.6 Å². The lowest BCUT2D eigenvalue weighted by Crippen LogP contribution is -2.08. The summed E-state index contributed by atoms with van der Waals surface area (Å²) < 4.78 is 22.8. The summed E-state index contributed by atoms with van der Waals surface area (Å²) in [5.74, 6) is -1.28.